The molecule has 0 bridgehead atoms. The number of thioether (sulfide) groups is 1. The highest BCUT2D eigenvalue weighted by Crippen LogP contribution is 2.24. The van der Waals surface area contributed by atoms with Crippen LogP contribution < -0.4 is 0 Å². The monoisotopic (exact) mass is 241 g/mol. The van der Waals surface area contributed by atoms with Crippen molar-refractivity contribution in [3.05, 3.63) is 29.8 Å². The Morgan fingerprint density at radius 3 is 2.88 bits per heavy atom. The molecule has 1 aliphatic rings. The van der Waals surface area contributed by atoms with Crippen LogP contribution in [0.15, 0.2) is 39.5 Å². The number of nitrogens with zero attached hydrogens (tertiary/aromatic N) is 3. The summed E-state index contributed by atoms with van der Waals surface area (Å²) in [6.07, 6.45) is -2.48. The predicted molar refractivity (Wildman–Crippen MR) is 60.7 cm³/mol. The van der Waals surface area contributed by atoms with E-state index in [4.69, 9.17) is 0 Å². The van der Waals surface area contributed by atoms with Crippen molar-refractivity contribution in [1.82, 2.24) is 0 Å². The molecule has 1 aromatic rings. The average Bonchev–Trinajstić information content (AvgIpc) is 2.79. The average molecular weight is 241 g/mol. The third-order valence-electron chi connectivity index (χ3n) is 1.94. The molecule has 16 heavy (non-hydrogen) atoms. The summed E-state index contributed by atoms with van der Waals surface area (Å²) >= 11 is 1.51. The normalized spacial score (nSPS) is 16.1. The van der Waals surface area contributed by atoms with E-state index in [0.29, 0.717) is 10.9 Å². The summed E-state index contributed by atoms with van der Waals surface area (Å²) in [5, 5.41) is 8.37. The van der Waals surface area contributed by atoms with Crippen molar-refractivity contribution in [2.75, 3.05) is 12.3 Å². The molecule has 0 unspecified atom stereocenters. The minimum Gasteiger partial charge on any atom is -0.258 e. The number of amidine groups is 1. The molecule has 0 saturated carbocycles. The van der Waals surface area contributed by atoms with Crippen LogP contribution in [0.25, 0.3) is 0 Å². The second-order valence-electron chi connectivity index (χ2n) is 3.11. The van der Waals surface area contributed by atoms with Crippen LogP contribution in [0, 0.1) is 0 Å². The van der Waals surface area contributed by atoms with Gasteiger partial charge in [0.1, 0.15) is 0 Å². The fraction of sp³-hybridized carbons (Fsp3) is 0.300. The zero-order valence-electron chi connectivity index (χ0n) is 8.31. The lowest BCUT2D eigenvalue weighted by Crippen LogP contribution is -1.82. The van der Waals surface area contributed by atoms with Crippen molar-refractivity contribution in [2.45, 2.75) is 6.43 Å². The van der Waals surface area contributed by atoms with Crippen molar-refractivity contribution >= 4 is 22.6 Å². The van der Waals surface area contributed by atoms with Crippen LogP contribution in [-0.2, 0) is 0 Å². The van der Waals surface area contributed by atoms with Crippen LogP contribution >= 0.6 is 11.8 Å². The minimum atomic E-state index is -2.48. The first-order chi connectivity index (χ1) is 7.75. The van der Waals surface area contributed by atoms with E-state index in [2.05, 4.69) is 15.2 Å². The minimum absolute atomic E-state index is 0.0440. The third-order valence-corrected chi connectivity index (χ3v) is 2.80. The van der Waals surface area contributed by atoms with Crippen molar-refractivity contribution < 1.29 is 8.78 Å². The molecule has 1 aliphatic heterocycles. The van der Waals surface area contributed by atoms with Crippen molar-refractivity contribution in [1.29, 1.82) is 0 Å². The summed E-state index contributed by atoms with van der Waals surface area (Å²) in [5.74, 6) is 0.908. The fourth-order valence-corrected chi connectivity index (χ4v) is 1.85. The Kier molecular flexibility index (Phi) is 3.61. The molecule has 84 valence electrons. The quantitative estimate of drug-likeness (QED) is 0.725. The highest BCUT2D eigenvalue weighted by Gasteiger charge is 2.07. The molecule has 0 atom stereocenters. The fourth-order valence-electron chi connectivity index (χ4n) is 1.21. The first-order valence-electron chi connectivity index (χ1n) is 4.73. The van der Waals surface area contributed by atoms with Gasteiger partial charge in [0.2, 0.25) is 5.17 Å². The Bertz CT molecular complexity index is 432. The van der Waals surface area contributed by atoms with E-state index in [-0.39, 0.29) is 5.56 Å². The molecule has 0 saturated heterocycles. The predicted octanol–water partition coefficient (Wildman–Crippen LogP) is 3.81. The first kappa shape index (κ1) is 11.2. The molecule has 0 N–H and O–H groups in total. The zero-order valence-corrected chi connectivity index (χ0v) is 9.12. The van der Waals surface area contributed by atoms with Crippen LogP contribution in [0.2, 0.25) is 0 Å². The van der Waals surface area contributed by atoms with Gasteiger partial charge in [-0.15, -0.1) is 10.2 Å². The molecule has 0 amide bonds. The van der Waals surface area contributed by atoms with Gasteiger partial charge in [0.15, 0.2) is 0 Å². The number of hydrogen-bond acceptors (Lipinski definition) is 4. The number of alkyl halides is 2. The number of halogens is 2. The lowest BCUT2D eigenvalue weighted by molar-refractivity contribution is 0.151. The number of benzene rings is 1. The van der Waals surface area contributed by atoms with Crippen molar-refractivity contribution in [3.63, 3.8) is 0 Å². The molecule has 0 aromatic heterocycles. The van der Waals surface area contributed by atoms with Crippen molar-refractivity contribution in [3.8, 4) is 0 Å². The molecule has 1 aromatic carbocycles. The molecular weight excluding hydrogens is 232 g/mol. The number of hydrogen-bond donors (Lipinski definition) is 0. The van der Waals surface area contributed by atoms with Gasteiger partial charge < -0.3 is 0 Å². The lowest BCUT2D eigenvalue weighted by atomic mass is 10.2. The third kappa shape index (κ3) is 2.85. The van der Waals surface area contributed by atoms with Crippen LogP contribution in [0.1, 0.15) is 12.0 Å². The molecule has 6 heteroatoms. The van der Waals surface area contributed by atoms with Gasteiger partial charge in [-0.1, -0.05) is 23.9 Å². The smallest absolute Gasteiger partial charge is 0.258 e. The van der Waals surface area contributed by atoms with E-state index in [9.17, 15) is 8.78 Å². The molecule has 1 heterocycles. The maximum atomic E-state index is 12.4. The Morgan fingerprint density at radius 1 is 1.31 bits per heavy atom. The Labute approximate surface area is 95.7 Å². The Morgan fingerprint density at radius 2 is 2.19 bits per heavy atom. The highest BCUT2D eigenvalue weighted by atomic mass is 32.2. The van der Waals surface area contributed by atoms with Gasteiger partial charge in [0.25, 0.3) is 6.43 Å². The molecule has 3 nitrogen and oxygen atoms in total. The summed E-state index contributed by atoms with van der Waals surface area (Å²) in [6, 6.07) is 5.87. The van der Waals surface area contributed by atoms with Crippen LogP contribution in [-0.4, -0.2) is 17.5 Å². The van der Waals surface area contributed by atoms with Crippen LogP contribution in [0.4, 0.5) is 14.5 Å². The first-order valence-corrected chi connectivity index (χ1v) is 5.71. The van der Waals surface area contributed by atoms with Crippen molar-refractivity contribution in [2.24, 2.45) is 15.2 Å². The van der Waals surface area contributed by atoms with Gasteiger partial charge in [0.05, 0.1) is 12.2 Å². The molecule has 0 aliphatic carbocycles. The number of azo groups is 1. The zero-order chi connectivity index (χ0) is 11.4. The summed E-state index contributed by atoms with van der Waals surface area (Å²) in [6.45, 7) is 0.746. The van der Waals surface area contributed by atoms with E-state index < -0.39 is 6.43 Å². The standard InChI is InChI=1S/C10H9F2N3S/c11-9(12)7-2-1-3-8(6-7)14-15-10-13-4-5-16-10/h1-3,6,9H,4-5H2/b15-14+. The van der Waals surface area contributed by atoms with Crippen LogP contribution in [0.3, 0.4) is 0 Å². The van der Waals surface area contributed by atoms with Gasteiger partial charge in [-0.25, -0.2) is 8.78 Å². The number of aliphatic imine (C=N–C) groups is 1. The van der Waals surface area contributed by atoms with Gasteiger partial charge >= 0.3 is 0 Å². The van der Waals surface area contributed by atoms with Gasteiger partial charge in [-0.3, -0.25) is 4.99 Å². The highest BCUT2D eigenvalue weighted by molar-refractivity contribution is 8.14. The molecule has 0 spiro atoms. The van der Waals surface area contributed by atoms with Gasteiger partial charge in [-0.2, -0.15) is 0 Å². The SMILES string of the molecule is FC(F)c1cccc(/N=N/C2=NCCS2)c1. The van der Waals surface area contributed by atoms with E-state index in [1.807, 2.05) is 0 Å². The second-order valence-corrected chi connectivity index (χ2v) is 4.17. The summed E-state index contributed by atoms with van der Waals surface area (Å²) in [5.41, 5.74) is 0.380. The molecule has 0 fully saturated rings. The maximum Gasteiger partial charge on any atom is 0.263 e. The molecule has 2 rings (SSSR count). The lowest BCUT2D eigenvalue weighted by Gasteiger charge is -1.99. The maximum absolute atomic E-state index is 12.4. The number of rotatable bonds is 2. The topological polar surface area (TPSA) is 37.1 Å². The Hall–Kier alpha value is -1.30. The summed E-state index contributed by atoms with van der Waals surface area (Å²) in [4.78, 5) is 4.08. The van der Waals surface area contributed by atoms with E-state index >= 15 is 0 Å². The summed E-state index contributed by atoms with van der Waals surface area (Å²) < 4.78 is 24.8. The van der Waals surface area contributed by atoms with E-state index in [1.54, 1.807) is 12.1 Å². The molecular formula is C10H9F2N3S. The second kappa shape index (κ2) is 5.16. The molecule has 0 radical (unpaired) electrons. The van der Waals surface area contributed by atoms with E-state index in [1.165, 1.54) is 23.9 Å². The van der Waals surface area contributed by atoms with E-state index in [0.717, 1.165) is 12.3 Å². The largest absolute Gasteiger partial charge is 0.263 e. The Balaban J connectivity index is 2.11. The van der Waals surface area contributed by atoms with Gasteiger partial charge in [0, 0.05) is 11.3 Å². The summed E-state index contributed by atoms with van der Waals surface area (Å²) in [7, 11) is 0. The van der Waals surface area contributed by atoms with Gasteiger partial charge in [-0.05, 0) is 12.1 Å². The van der Waals surface area contributed by atoms with Crippen LogP contribution in [0.5, 0.6) is 0 Å².